The van der Waals surface area contributed by atoms with Crippen LogP contribution in [0.1, 0.15) is 42.2 Å². The summed E-state index contributed by atoms with van der Waals surface area (Å²) in [6, 6.07) is 13.3. The maximum Gasteiger partial charge on any atom is 0.340 e. The molecule has 1 heterocycles. The number of carbonyl (C=O) groups excluding carboxylic acids is 3. The minimum atomic E-state index is -0.696. The quantitative estimate of drug-likeness (QED) is 0.634. The van der Waals surface area contributed by atoms with E-state index in [9.17, 15) is 14.4 Å². The van der Waals surface area contributed by atoms with Gasteiger partial charge in [0.2, 0.25) is 0 Å². The number of carbonyl (C=O) groups is 3. The molecule has 0 spiro atoms. The molecule has 8 nitrogen and oxygen atoms in total. The third-order valence-electron chi connectivity index (χ3n) is 4.44. The van der Waals surface area contributed by atoms with E-state index < -0.39 is 24.5 Å². The monoisotopic (exact) mass is 411 g/mol. The third-order valence-corrected chi connectivity index (χ3v) is 4.44. The highest BCUT2D eigenvalue weighted by molar-refractivity contribution is 6.01. The lowest BCUT2D eigenvalue weighted by Gasteiger charge is -2.26. The van der Waals surface area contributed by atoms with E-state index in [-0.39, 0.29) is 17.6 Å². The maximum absolute atomic E-state index is 12.5. The van der Waals surface area contributed by atoms with Crippen LogP contribution in [0.25, 0.3) is 0 Å². The molecule has 0 bridgehead atoms. The van der Waals surface area contributed by atoms with Gasteiger partial charge in [-0.1, -0.05) is 30.3 Å². The summed E-state index contributed by atoms with van der Waals surface area (Å²) in [7, 11) is 0. The van der Waals surface area contributed by atoms with Crippen LogP contribution in [-0.4, -0.2) is 37.2 Å². The first kappa shape index (κ1) is 21.2. The highest BCUT2D eigenvalue weighted by Crippen LogP contribution is 2.31. The van der Waals surface area contributed by atoms with Gasteiger partial charge >= 0.3 is 12.0 Å². The molecule has 3 amide bonds. The second-order valence-corrected chi connectivity index (χ2v) is 7.17. The van der Waals surface area contributed by atoms with Crippen LogP contribution in [0.2, 0.25) is 0 Å². The van der Waals surface area contributed by atoms with E-state index in [2.05, 4.69) is 16.0 Å². The molecule has 3 rings (SSSR count). The zero-order chi connectivity index (χ0) is 21.5. The number of hydrogen-bond donors (Lipinski definition) is 3. The highest BCUT2D eigenvalue weighted by atomic mass is 16.5. The predicted octanol–water partition coefficient (Wildman–Crippen LogP) is 3.01. The van der Waals surface area contributed by atoms with Crippen molar-refractivity contribution < 1.29 is 23.9 Å². The maximum atomic E-state index is 12.5. The number of urea groups is 1. The van der Waals surface area contributed by atoms with Gasteiger partial charge in [0.25, 0.3) is 5.91 Å². The molecule has 0 aromatic heterocycles. The Morgan fingerprint density at radius 2 is 1.83 bits per heavy atom. The fourth-order valence-electron chi connectivity index (χ4n) is 3.13. The standard InChI is InChI=1S/C22H25N3O5/c1-14(2)23-22(28)25-17-9-5-3-8-16(17)21(27)30-13-20(26)24-18-11-12-29-19-10-6-4-7-15(18)19/h3-10,14,18H,11-13H2,1-2H3,(H,24,26)(H2,23,25,28). The predicted molar refractivity (Wildman–Crippen MR) is 111 cm³/mol. The lowest BCUT2D eigenvalue weighted by atomic mass is 10.0. The van der Waals surface area contributed by atoms with Crippen molar-refractivity contribution in [1.29, 1.82) is 0 Å². The molecule has 0 saturated carbocycles. The van der Waals surface area contributed by atoms with Crippen molar-refractivity contribution in [3.63, 3.8) is 0 Å². The van der Waals surface area contributed by atoms with Crippen LogP contribution in [0.4, 0.5) is 10.5 Å². The molecule has 0 fully saturated rings. The Morgan fingerprint density at radius 3 is 2.63 bits per heavy atom. The van der Waals surface area contributed by atoms with E-state index in [1.807, 2.05) is 38.1 Å². The summed E-state index contributed by atoms with van der Waals surface area (Å²) < 4.78 is 10.8. The molecule has 1 atom stereocenters. The lowest BCUT2D eigenvalue weighted by molar-refractivity contribution is -0.125. The first-order chi connectivity index (χ1) is 14.4. The molecule has 0 radical (unpaired) electrons. The zero-order valence-electron chi connectivity index (χ0n) is 16.9. The molecule has 1 aliphatic heterocycles. The number of nitrogens with one attached hydrogen (secondary N) is 3. The van der Waals surface area contributed by atoms with Gasteiger partial charge in [-0.25, -0.2) is 9.59 Å². The number of fused-ring (bicyclic) bond motifs is 1. The first-order valence-electron chi connectivity index (χ1n) is 9.79. The molecule has 1 aliphatic rings. The highest BCUT2D eigenvalue weighted by Gasteiger charge is 2.23. The number of amides is 3. The summed E-state index contributed by atoms with van der Waals surface area (Å²) in [6.07, 6.45) is 0.633. The van der Waals surface area contributed by atoms with E-state index in [4.69, 9.17) is 9.47 Å². The first-order valence-corrected chi connectivity index (χ1v) is 9.79. The van der Waals surface area contributed by atoms with Crippen molar-refractivity contribution in [3.8, 4) is 5.75 Å². The normalized spacial score (nSPS) is 14.8. The minimum absolute atomic E-state index is 0.0527. The lowest BCUT2D eigenvalue weighted by Crippen LogP contribution is -2.35. The Labute approximate surface area is 174 Å². The van der Waals surface area contributed by atoms with Crippen LogP contribution >= 0.6 is 0 Å². The van der Waals surface area contributed by atoms with Gasteiger partial charge in [-0.3, -0.25) is 4.79 Å². The van der Waals surface area contributed by atoms with Gasteiger partial charge in [0.15, 0.2) is 6.61 Å². The van der Waals surface area contributed by atoms with Crippen LogP contribution in [-0.2, 0) is 9.53 Å². The number of anilines is 1. The Hall–Kier alpha value is -3.55. The zero-order valence-corrected chi connectivity index (χ0v) is 16.9. The number of hydrogen-bond acceptors (Lipinski definition) is 5. The van der Waals surface area contributed by atoms with Gasteiger partial charge in [0, 0.05) is 18.0 Å². The Balaban J connectivity index is 1.57. The van der Waals surface area contributed by atoms with Crippen LogP contribution in [0.15, 0.2) is 48.5 Å². The molecule has 2 aromatic rings. The summed E-state index contributed by atoms with van der Waals surface area (Å²) in [5.74, 6) is -0.364. The number of rotatable bonds is 6. The van der Waals surface area contributed by atoms with Crippen molar-refractivity contribution in [1.82, 2.24) is 10.6 Å². The van der Waals surface area contributed by atoms with Crippen molar-refractivity contribution in [3.05, 3.63) is 59.7 Å². The van der Waals surface area contributed by atoms with Crippen molar-refractivity contribution in [2.24, 2.45) is 0 Å². The third kappa shape index (κ3) is 5.50. The van der Waals surface area contributed by atoms with Crippen LogP contribution in [0.5, 0.6) is 5.75 Å². The average Bonchev–Trinajstić information content (AvgIpc) is 2.72. The number of ether oxygens (including phenoxy) is 2. The fourth-order valence-corrected chi connectivity index (χ4v) is 3.13. The van der Waals surface area contributed by atoms with E-state index in [0.29, 0.717) is 18.7 Å². The summed E-state index contributed by atoms with van der Waals surface area (Å²) >= 11 is 0. The van der Waals surface area contributed by atoms with Crippen LogP contribution < -0.4 is 20.7 Å². The second kappa shape index (κ2) is 9.78. The van der Waals surface area contributed by atoms with Gasteiger partial charge in [0.05, 0.1) is 23.9 Å². The van der Waals surface area contributed by atoms with Crippen molar-refractivity contribution in [2.75, 3.05) is 18.5 Å². The van der Waals surface area contributed by atoms with Crippen LogP contribution in [0.3, 0.4) is 0 Å². The number of benzene rings is 2. The molecule has 8 heteroatoms. The number of esters is 1. The Kier molecular flexibility index (Phi) is 6.90. The topological polar surface area (TPSA) is 106 Å². The fraction of sp³-hybridized carbons (Fsp3) is 0.318. The summed E-state index contributed by atoms with van der Waals surface area (Å²) in [5.41, 5.74) is 1.37. The van der Waals surface area contributed by atoms with Crippen molar-refractivity contribution >= 4 is 23.6 Å². The molecule has 0 saturated heterocycles. The van der Waals surface area contributed by atoms with E-state index in [0.717, 1.165) is 11.3 Å². The minimum Gasteiger partial charge on any atom is -0.493 e. The summed E-state index contributed by atoms with van der Waals surface area (Å²) in [5, 5.41) is 8.18. The van der Waals surface area contributed by atoms with E-state index in [1.165, 1.54) is 6.07 Å². The smallest absolute Gasteiger partial charge is 0.340 e. The average molecular weight is 411 g/mol. The van der Waals surface area contributed by atoms with Crippen molar-refractivity contribution in [2.45, 2.75) is 32.4 Å². The van der Waals surface area contributed by atoms with Gasteiger partial charge in [-0.05, 0) is 32.0 Å². The SMILES string of the molecule is CC(C)NC(=O)Nc1ccccc1C(=O)OCC(=O)NC1CCOc2ccccc21. The molecule has 2 aromatic carbocycles. The van der Waals surface area contributed by atoms with Gasteiger partial charge in [-0.15, -0.1) is 0 Å². The summed E-state index contributed by atoms with van der Waals surface area (Å²) in [6.45, 7) is 3.73. The molecule has 158 valence electrons. The molecular weight excluding hydrogens is 386 g/mol. The van der Waals surface area contributed by atoms with E-state index >= 15 is 0 Å². The van der Waals surface area contributed by atoms with Gasteiger partial charge in [0.1, 0.15) is 5.75 Å². The van der Waals surface area contributed by atoms with E-state index in [1.54, 1.807) is 18.2 Å². The van der Waals surface area contributed by atoms with Gasteiger partial charge in [-0.2, -0.15) is 0 Å². The Morgan fingerprint density at radius 1 is 1.10 bits per heavy atom. The summed E-state index contributed by atoms with van der Waals surface area (Å²) in [4.78, 5) is 36.7. The second-order valence-electron chi connectivity index (χ2n) is 7.17. The van der Waals surface area contributed by atoms with Crippen LogP contribution in [0, 0.1) is 0 Å². The van der Waals surface area contributed by atoms with Gasteiger partial charge < -0.3 is 25.4 Å². The molecular formula is C22H25N3O5. The Bertz CT molecular complexity index is 928. The molecule has 30 heavy (non-hydrogen) atoms. The molecule has 1 unspecified atom stereocenters. The molecule has 3 N–H and O–H groups in total. The molecule has 0 aliphatic carbocycles. The number of para-hydroxylation sites is 2. The largest absolute Gasteiger partial charge is 0.493 e.